The molecule has 2 heteroatoms. The molecule has 0 bridgehead atoms. The van der Waals surface area contributed by atoms with Crippen molar-refractivity contribution in [2.45, 2.75) is 33.6 Å². The van der Waals surface area contributed by atoms with Gasteiger partial charge in [0.15, 0.2) is 0 Å². The fourth-order valence-corrected chi connectivity index (χ4v) is 1.80. The van der Waals surface area contributed by atoms with E-state index in [-0.39, 0.29) is 5.82 Å². The van der Waals surface area contributed by atoms with Crippen molar-refractivity contribution in [3.8, 4) is 0 Å². The van der Waals surface area contributed by atoms with Gasteiger partial charge >= 0.3 is 0 Å². The molecule has 0 saturated carbocycles. The summed E-state index contributed by atoms with van der Waals surface area (Å²) in [4.78, 5) is 2.31. The van der Waals surface area contributed by atoms with Crippen LogP contribution in [0.15, 0.2) is 18.2 Å². The lowest BCUT2D eigenvalue weighted by molar-refractivity contribution is 0.618. The van der Waals surface area contributed by atoms with Crippen LogP contribution < -0.4 is 4.90 Å². The van der Waals surface area contributed by atoms with Gasteiger partial charge in [-0.05, 0) is 43.5 Å². The smallest absolute Gasteiger partial charge is 0.126 e. The molecule has 2 rings (SSSR count). The van der Waals surface area contributed by atoms with E-state index in [0.29, 0.717) is 0 Å². The number of aryl methyl sites for hydroxylation is 1. The summed E-state index contributed by atoms with van der Waals surface area (Å²) in [5.74, 6) is -0.108. The first kappa shape index (κ1) is 12.0. The average Bonchev–Trinajstić information content (AvgIpc) is 2.78. The van der Waals surface area contributed by atoms with Crippen LogP contribution in [0.25, 0.3) is 0 Å². The van der Waals surface area contributed by atoms with Crippen LogP contribution in [0, 0.1) is 12.7 Å². The van der Waals surface area contributed by atoms with Gasteiger partial charge in [-0.15, -0.1) is 0 Å². The van der Waals surface area contributed by atoms with Gasteiger partial charge in [-0.25, -0.2) is 4.39 Å². The number of hydrogen-bond donors (Lipinski definition) is 0. The summed E-state index contributed by atoms with van der Waals surface area (Å²) in [6.07, 6.45) is 2.52. The lowest BCUT2D eigenvalue weighted by Crippen LogP contribution is -2.17. The van der Waals surface area contributed by atoms with Crippen molar-refractivity contribution in [3.63, 3.8) is 0 Å². The first-order chi connectivity index (χ1) is 7.27. The molecule has 0 amide bonds. The second-order valence-electron chi connectivity index (χ2n) is 3.63. The first-order valence-corrected chi connectivity index (χ1v) is 5.78. The van der Waals surface area contributed by atoms with Gasteiger partial charge in [-0.3, -0.25) is 0 Å². The zero-order valence-corrected chi connectivity index (χ0v) is 9.89. The van der Waals surface area contributed by atoms with Crippen LogP contribution in [-0.2, 0) is 0 Å². The van der Waals surface area contributed by atoms with E-state index >= 15 is 0 Å². The van der Waals surface area contributed by atoms with Crippen LogP contribution in [0.5, 0.6) is 0 Å². The topological polar surface area (TPSA) is 3.24 Å². The van der Waals surface area contributed by atoms with E-state index in [1.807, 2.05) is 32.9 Å². The van der Waals surface area contributed by atoms with Crippen molar-refractivity contribution < 1.29 is 4.39 Å². The van der Waals surface area contributed by atoms with E-state index < -0.39 is 0 Å². The van der Waals surface area contributed by atoms with E-state index in [0.717, 1.165) is 24.3 Å². The van der Waals surface area contributed by atoms with Gasteiger partial charge in [-0.2, -0.15) is 0 Å². The summed E-state index contributed by atoms with van der Waals surface area (Å²) in [6.45, 7) is 8.05. The Balaban J connectivity index is 0.000000531. The Morgan fingerprint density at radius 3 is 2.27 bits per heavy atom. The van der Waals surface area contributed by atoms with Crippen molar-refractivity contribution in [2.75, 3.05) is 18.0 Å². The highest BCUT2D eigenvalue weighted by atomic mass is 19.1. The minimum Gasteiger partial charge on any atom is -0.372 e. The molecule has 0 radical (unpaired) electrons. The molecule has 1 aliphatic heterocycles. The van der Waals surface area contributed by atoms with Crippen LogP contribution in [0.4, 0.5) is 10.1 Å². The molecule has 0 N–H and O–H groups in total. The maximum absolute atomic E-state index is 13.0. The Hall–Kier alpha value is -1.05. The quantitative estimate of drug-likeness (QED) is 0.680. The maximum atomic E-state index is 13.0. The van der Waals surface area contributed by atoms with E-state index in [9.17, 15) is 4.39 Å². The van der Waals surface area contributed by atoms with Gasteiger partial charge in [0.2, 0.25) is 0 Å². The Morgan fingerprint density at radius 1 is 1.13 bits per heavy atom. The maximum Gasteiger partial charge on any atom is 0.126 e. The number of halogens is 1. The van der Waals surface area contributed by atoms with Crippen molar-refractivity contribution in [3.05, 3.63) is 29.6 Å². The second-order valence-corrected chi connectivity index (χ2v) is 3.63. The molecule has 1 aromatic carbocycles. The summed E-state index contributed by atoms with van der Waals surface area (Å²) in [5, 5.41) is 0. The summed E-state index contributed by atoms with van der Waals surface area (Å²) in [6, 6.07) is 5.36. The van der Waals surface area contributed by atoms with Crippen molar-refractivity contribution >= 4 is 5.69 Å². The lowest BCUT2D eigenvalue weighted by Gasteiger charge is -2.17. The molecule has 0 aromatic heterocycles. The molecule has 0 aliphatic carbocycles. The third-order valence-electron chi connectivity index (χ3n) is 2.61. The highest BCUT2D eigenvalue weighted by Crippen LogP contribution is 2.22. The molecule has 84 valence electrons. The fraction of sp³-hybridized carbons (Fsp3) is 0.538. The van der Waals surface area contributed by atoms with Crippen molar-refractivity contribution in [1.82, 2.24) is 0 Å². The van der Waals surface area contributed by atoms with Crippen molar-refractivity contribution in [1.29, 1.82) is 0 Å². The highest BCUT2D eigenvalue weighted by molar-refractivity contribution is 5.49. The van der Waals surface area contributed by atoms with Gasteiger partial charge < -0.3 is 4.90 Å². The second kappa shape index (κ2) is 5.74. The molecular formula is C13H20FN. The fourth-order valence-electron chi connectivity index (χ4n) is 1.80. The number of hydrogen-bond acceptors (Lipinski definition) is 1. The molecule has 15 heavy (non-hydrogen) atoms. The van der Waals surface area contributed by atoms with E-state index in [4.69, 9.17) is 0 Å². The Labute approximate surface area is 91.9 Å². The Morgan fingerprint density at radius 2 is 1.73 bits per heavy atom. The van der Waals surface area contributed by atoms with Gasteiger partial charge in [0.25, 0.3) is 0 Å². The molecule has 1 fully saturated rings. The van der Waals surface area contributed by atoms with E-state index in [1.165, 1.54) is 12.8 Å². The summed E-state index contributed by atoms with van der Waals surface area (Å²) >= 11 is 0. The number of nitrogens with zero attached hydrogens (tertiary/aromatic N) is 1. The van der Waals surface area contributed by atoms with Crippen LogP contribution >= 0.6 is 0 Å². The molecule has 0 atom stereocenters. The van der Waals surface area contributed by atoms with Crippen LogP contribution in [-0.4, -0.2) is 13.1 Å². The van der Waals surface area contributed by atoms with E-state index in [1.54, 1.807) is 6.07 Å². The predicted octanol–water partition coefficient (Wildman–Crippen LogP) is 3.76. The predicted molar refractivity (Wildman–Crippen MR) is 63.9 cm³/mol. The standard InChI is InChI=1S/C11H14FN.C2H6/c1-9-8-10(4-5-11(9)12)13-6-2-3-7-13;1-2/h4-5,8H,2-3,6-7H2,1H3;1-2H3. The molecule has 1 heterocycles. The largest absolute Gasteiger partial charge is 0.372 e. The van der Waals surface area contributed by atoms with Crippen LogP contribution in [0.2, 0.25) is 0 Å². The molecule has 1 aliphatic rings. The van der Waals surface area contributed by atoms with Gasteiger partial charge in [-0.1, -0.05) is 13.8 Å². The minimum absolute atomic E-state index is 0.108. The summed E-state index contributed by atoms with van der Waals surface area (Å²) in [7, 11) is 0. The molecule has 0 spiro atoms. The first-order valence-electron chi connectivity index (χ1n) is 5.78. The molecule has 1 nitrogen and oxygen atoms in total. The molecule has 1 aromatic rings. The third kappa shape index (κ3) is 2.95. The third-order valence-corrected chi connectivity index (χ3v) is 2.61. The van der Waals surface area contributed by atoms with Crippen LogP contribution in [0.1, 0.15) is 32.3 Å². The molecule has 1 saturated heterocycles. The number of rotatable bonds is 1. The SMILES string of the molecule is CC.Cc1cc(N2CCCC2)ccc1F. The highest BCUT2D eigenvalue weighted by Gasteiger charge is 2.12. The Bertz CT molecular complexity index is 303. The summed E-state index contributed by atoms with van der Waals surface area (Å²) < 4.78 is 13.0. The minimum atomic E-state index is -0.108. The monoisotopic (exact) mass is 209 g/mol. The normalized spacial score (nSPS) is 14.8. The van der Waals surface area contributed by atoms with Gasteiger partial charge in [0.05, 0.1) is 0 Å². The molecular weight excluding hydrogens is 189 g/mol. The van der Waals surface area contributed by atoms with Crippen molar-refractivity contribution in [2.24, 2.45) is 0 Å². The van der Waals surface area contributed by atoms with Gasteiger partial charge in [0, 0.05) is 18.8 Å². The Kier molecular flexibility index (Phi) is 4.60. The summed E-state index contributed by atoms with van der Waals surface area (Å²) in [5.41, 5.74) is 1.90. The number of anilines is 1. The van der Waals surface area contributed by atoms with E-state index in [2.05, 4.69) is 4.90 Å². The number of benzene rings is 1. The average molecular weight is 209 g/mol. The lowest BCUT2D eigenvalue weighted by atomic mass is 10.2. The zero-order valence-electron chi connectivity index (χ0n) is 9.89. The van der Waals surface area contributed by atoms with Crippen LogP contribution in [0.3, 0.4) is 0 Å². The molecule has 0 unspecified atom stereocenters. The zero-order chi connectivity index (χ0) is 11.3. The van der Waals surface area contributed by atoms with Gasteiger partial charge in [0.1, 0.15) is 5.82 Å².